The van der Waals surface area contributed by atoms with Crippen LogP contribution >= 0.6 is 0 Å². The number of hydroxylamine groups is 1. The number of ether oxygens (including phenoxy) is 2. The Balaban J connectivity index is 2.36. The van der Waals surface area contributed by atoms with Crippen LogP contribution in [0.5, 0.6) is 11.5 Å². The maximum absolute atomic E-state index is 12.8. The Kier molecular flexibility index (Phi) is 5.36. The van der Waals surface area contributed by atoms with E-state index < -0.39 is 5.92 Å². The minimum absolute atomic E-state index is 0.152. The molecule has 0 saturated heterocycles. The molecule has 5 heteroatoms. The zero-order chi connectivity index (χ0) is 16.8. The summed E-state index contributed by atoms with van der Waals surface area (Å²) in [6.07, 6.45) is 1.36. The van der Waals surface area contributed by atoms with Gasteiger partial charge in [0.15, 0.2) is 12.0 Å². The van der Waals surface area contributed by atoms with Crippen LogP contribution < -0.4 is 9.47 Å². The highest BCUT2D eigenvalue weighted by Gasteiger charge is 2.23. The second kappa shape index (κ2) is 7.45. The Morgan fingerprint density at radius 2 is 1.48 bits per heavy atom. The van der Waals surface area contributed by atoms with Crippen LogP contribution in [0, 0.1) is 5.21 Å². The van der Waals surface area contributed by atoms with Gasteiger partial charge >= 0.3 is 0 Å². The topological polar surface area (TPSA) is 61.6 Å². The van der Waals surface area contributed by atoms with Crippen molar-refractivity contribution < 1.29 is 19.0 Å². The van der Waals surface area contributed by atoms with Crippen molar-refractivity contribution in [2.24, 2.45) is 0 Å². The summed E-state index contributed by atoms with van der Waals surface area (Å²) in [5, 5.41) is 11.5. The smallest absolute Gasteiger partial charge is 0.180 e. The highest BCUT2D eigenvalue weighted by Crippen LogP contribution is 2.23. The molecule has 0 aromatic heterocycles. The fourth-order valence-electron chi connectivity index (χ4n) is 2.26. The van der Waals surface area contributed by atoms with Crippen molar-refractivity contribution in [3.05, 3.63) is 64.9 Å². The van der Waals surface area contributed by atoms with Gasteiger partial charge in [-0.3, -0.25) is 4.79 Å². The highest BCUT2D eigenvalue weighted by molar-refractivity contribution is 6.09. The lowest BCUT2D eigenvalue weighted by Gasteiger charge is -2.12. The lowest BCUT2D eigenvalue weighted by atomic mass is 9.91. The van der Waals surface area contributed by atoms with E-state index in [2.05, 4.69) is 0 Å². The molecule has 23 heavy (non-hydrogen) atoms. The van der Waals surface area contributed by atoms with Crippen LogP contribution in [-0.2, 0) is 0 Å². The van der Waals surface area contributed by atoms with Gasteiger partial charge in [-0.1, -0.05) is 12.1 Å². The number of Topliss-reactive ketones (excluding diaryl/α,β-unsaturated/α-hetero) is 1. The van der Waals surface area contributed by atoms with Gasteiger partial charge in [0.2, 0.25) is 0 Å². The van der Waals surface area contributed by atoms with Crippen LogP contribution in [0.3, 0.4) is 0 Å². The molecule has 1 atom stereocenters. The summed E-state index contributed by atoms with van der Waals surface area (Å²) in [5.74, 6) is 0.560. The molecule has 0 fully saturated rings. The van der Waals surface area contributed by atoms with Gasteiger partial charge in [-0.15, -0.1) is 0 Å². The van der Waals surface area contributed by atoms with E-state index in [1.807, 2.05) is 0 Å². The lowest BCUT2D eigenvalue weighted by molar-refractivity contribution is -0.418. The fourth-order valence-corrected chi connectivity index (χ4v) is 2.26. The molecule has 1 unspecified atom stereocenters. The number of carbonyl (C=O) groups is 1. The summed E-state index contributed by atoms with van der Waals surface area (Å²) in [6, 6.07) is 13.9. The molecule has 2 aromatic carbocycles. The fraction of sp³-hybridized carbons (Fsp3) is 0.222. The van der Waals surface area contributed by atoms with Gasteiger partial charge in [0.25, 0.3) is 0 Å². The van der Waals surface area contributed by atoms with Crippen LogP contribution in [0.4, 0.5) is 0 Å². The SMILES string of the molecule is COc1ccc(C(=O)C(/C=[N+](/C)[O-])c2ccc(OC)cc2)cc1. The Bertz CT molecular complexity index is 686. The Labute approximate surface area is 135 Å². The Morgan fingerprint density at radius 1 is 1.00 bits per heavy atom. The van der Waals surface area contributed by atoms with Gasteiger partial charge < -0.3 is 14.7 Å². The molecule has 2 rings (SSSR count). The molecule has 0 spiro atoms. The van der Waals surface area contributed by atoms with E-state index in [1.54, 1.807) is 62.8 Å². The van der Waals surface area contributed by atoms with E-state index in [0.29, 0.717) is 21.8 Å². The summed E-state index contributed by atoms with van der Waals surface area (Å²) in [7, 11) is 4.50. The predicted octanol–water partition coefficient (Wildman–Crippen LogP) is 2.88. The molecule has 0 amide bonds. The Hall–Kier alpha value is -2.82. The normalized spacial score (nSPS) is 12.6. The van der Waals surface area contributed by atoms with Crippen molar-refractivity contribution >= 4 is 12.0 Å². The van der Waals surface area contributed by atoms with Crippen molar-refractivity contribution in [2.75, 3.05) is 21.3 Å². The number of hydrogen-bond acceptors (Lipinski definition) is 4. The molecule has 0 N–H and O–H groups in total. The van der Waals surface area contributed by atoms with Crippen LogP contribution in [0.15, 0.2) is 48.5 Å². The van der Waals surface area contributed by atoms with Crippen LogP contribution in [0.25, 0.3) is 0 Å². The third kappa shape index (κ3) is 4.10. The molecule has 0 aliphatic heterocycles. The van der Waals surface area contributed by atoms with E-state index in [9.17, 15) is 10.0 Å². The summed E-state index contributed by atoms with van der Waals surface area (Å²) < 4.78 is 10.9. The first-order valence-electron chi connectivity index (χ1n) is 7.12. The molecule has 2 aromatic rings. The van der Waals surface area contributed by atoms with Crippen molar-refractivity contribution in [3.63, 3.8) is 0 Å². The largest absolute Gasteiger partial charge is 0.624 e. The molecular weight excluding hydrogens is 294 g/mol. The molecule has 5 nitrogen and oxygen atoms in total. The quantitative estimate of drug-likeness (QED) is 0.270. The molecule has 0 heterocycles. The zero-order valence-electron chi connectivity index (χ0n) is 13.4. The average molecular weight is 313 g/mol. The number of ketones is 1. The van der Waals surface area contributed by atoms with Crippen molar-refractivity contribution in [1.29, 1.82) is 0 Å². The number of methoxy groups -OCH3 is 2. The predicted molar refractivity (Wildman–Crippen MR) is 88.7 cm³/mol. The van der Waals surface area contributed by atoms with E-state index in [0.717, 1.165) is 5.56 Å². The van der Waals surface area contributed by atoms with E-state index in [4.69, 9.17) is 9.47 Å². The van der Waals surface area contributed by atoms with Crippen molar-refractivity contribution in [1.82, 2.24) is 0 Å². The lowest BCUT2D eigenvalue weighted by Crippen LogP contribution is -2.18. The molecule has 0 aliphatic rings. The maximum atomic E-state index is 12.8. The molecule has 120 valence electrons. The van der Waals surface area contributed by atoms with Gasteiger partial charge in [0.05, 0.1) is 14.2 Å². The van der Waals surface area contributed by atoms with E-state index >= 15 is 0 Å². The number of nitrogens with zero attached hydrogens (tertiary/aromatic N) is 1. The first-order chi connectivity index (χ1) is 11.0. The van der Waals surface area contributed by atoms with Crippen LogP contribution in [0.2, 0.25) is 0 Å². The molecule has 0 bridgehead atoms. The first-order valence-corrected chi connectivity index (χ1v) is 7.12. The molecule has 0 aliphatic carbocycles. The molecule has 0 saturated carbocycles. The van der Waals surface area contributed by atoms with Gasteiger partial charge in [0.1, 0.15) is 24.5 Å². The third-order valence-corrected chi connectivity index (χ3v) is 3.49. The van der Waals surface area contributed by atoms with Gasteiger partial charge in [-0.25, -0.2) is 4.74 Å². The number of rotatable bonds is 6. The highest BCUT2D eigenvalue weighted by atomic mass is 16.5. The van der Waals surface area contributed by atoms with E-state index in [-0.39, 0.29) is 5.78 Å². The Morgan fingerprint density at radius 3 is 1.91 bits per heavy atom. The summed E-state index contributed by atoms with van der Waals surface area (Å²) in [6.45, 7) is 0. The zero-order valence-corrected chi connectivity index (χ0v) is 13.4. The number of carbonyl (C=O) groups excluding carboxylic acids is 1. The third-order valence-electron chi connectivity index (χ3n) is 3.49. The summed E-state index contributed by atoms with van der Waals surface area (Å²) >= 11 is 0. The maximum Gasteiger partial charge on any atom is 0.180 e. The number of hydrogen-bond donors (Lipinski definition) is 0. The van der Waals surface area contributed by atoms with Crippen molar-refractivity contribution in [3.8, 4) is 11.5 Å². The van der Waals surface area contributed by atoms with Crippen LogP contribution in [0.1, 0.15) is 21.8 Å². The summed E-state index contributed by atoms with van der Waals surface area (Å²) in [5.41, 5.74) is 1.25. The van der Waals surface area contributed by atoms with Crippen molar-refractivity contribution in [2.45, 2.75) is 5.92 Å². The average Bonchev–Trinajstić information content (AvgIpc) is 2.59. The monoisotopic (exact) mass is 313 g/mol. The first kappa shape index (κ1) is 16.5. The van der Waals surface area contributed by atoms with Gasteiger partial charge in [-0.05, 0) is 42.0 Å². The van der Waals surface area contributed by atoms with Gasteiger partial charge in [-0.2, -0.15) is 0 Å². The summed E-state index contributed by atoms with van der Waals surface area (Å²) in [4.78, 5) is 12.8. The minimum Gasteiger partial charge on any atom is -0.624 e. The second-order valence-electron chi connectivity index (χ2n) is 5.04. The molecule has 0 radical (unpaired) electrons. The number of benzene rings is 2. The van der Waals surface area contributed by atoms with Gasteiger partial charge in [0, 0.05) is 5.56 Å². The standard InChI is InChI=1S/C18H19NO4/c1-19(21)12-17(13-4-8-15(22-2)9-5-13)18(20)14-6-10-16(23-3)11-7-14/h4-12,17H,1-3H3/b19-12-. The van der Waals surface area contributed by atoms with E-state index in [1.165, 1.54) is 13.3 Å². The minimum atomic E-state index is -0.656. The van der Waals surface area contributed by atoms with Crippen LogP contribution in [-0.4, -0.2) is 38.0 Å². The molecular formula is C18H19NO4. The second-order valence-corrected chi connectivity index (χ2v) is 5.04.